The summed E-state index contributed by atoms with van der Waals surface area (Å²) in [5.41, 5.74) is 1.10. The molecule has 0 spiro atoms. The fourth-order valence-electron chi connectivity index (χ4n) is 1.79. The molecule has 0 saturated carbocycles. The van der Waals surface area contributed by atoms with Crippen LogP contribution in [0.3, 0.4) is 0 Å². The molecule has 1 fully saturated rings. The molecule has 4 heteroatoms. The van der Waals surface area contributed by atoms with Crippen LogP contribution in [-0.2, 0) is 14.1 Å². The Labute approximate surface area is 108 Å². The van der Waals surface area contributed by atoms with E-state index in [1.165, 1.54) is 0 Å². The number of benzene rings is 1. The Morgan fingerprint density at radius 3 is 2.50 bits per heavy atom. The summed E-state index contributed by atoms with van der Waals surface area (Å²) in [5.74, 6) is 0. The number of hydrogen-bond donors (Lipinski definition) is 0. The van der Waals surface area contributed by atoms with E-state index in [0.717, 1.165) is 11.8 Å². The van der Waals surface area contributed by atoms with Crippen molar-refractivity contribution < 1.29 is 14.1 Å². The average molecular weight is 244 g/mol. The van der Waals surface area contributed by atoms with Gasteiger partial charge in [-0.2, -0.15) is 0 Å². The van der Waals surface area contributed by atoms with Gasteiger partial charge in [0.2, 0.25) is 0 Å². The van der Waals surface area contributed by atoms with Crippen LogP contribution >= 0.6 is 0 Å². The Hall–Kier alpha value is -1.39. The summed E-state index contributed by atoms with van der Waals surface area (Å²) in [4.78, 5) is 11.2. The van der Waals surface area contributed by atoms with Crippen LogP contribution in [0.4, 0.5) is 0 Å². The van der Waals surface area contributed by atoms with Crippen molar-refractivity contribution in [2.45, 2.75) is 32.5 Å². The van der Waals surface area contributed by atoms with Gasteiger partial charge in [-0.25, -0.2) is 0 Å². The second-order valence-electron chi connectivity index (χ2n) is 5.00. The highest BCUT2D eigenvalue weighted by molar-refractivity contribution is 6.61. The van der Waals surface area contributed by atoms with E-state index in [1.54, 1.807) is 6.08 Å². The quantitative estimate of drug-likeness (QED) is 0.465. The summed E-state index contributed by atoms with van der Waals surface area (Å²) in [6.07, 6.45) is 2.55. The molecule has 2 rings (SSSR count). The molecule has 0 amide bonds. The second-order valence-corrected chi connectivity index (χ2v) is 5.00. The van der Waals surface area contributed by atoms with Gasteiger partial charge in [0.25, 0.3) is 0 Å². The van der Waals surface area contributed by atoms with Crippen LogP contribution in [0.5, 0.6) is 0 Å². The van der Waals surface area contributed by atoms with Crippen molar-refractivity contribution >= 4 is 19.5 Å². The van der Waals surface area contributed by atoms with Crippen molar-refractivity contribution in [2.24, 2.45) is 0 Å². The molecule has 1 aliphatic heterocycles. The lowest BCUT2D eigenvalue weighted by Gasteiger charge is -2.21. The zero-order valence-corrected chi connectivity index (χ0v) is 10.9. The van der Waals surface area contributed by atoms with Crippen LogP contribution in [-0.4, -0.2) is 25.1 Å². The topological polar surface area (TPSA) is 35.5 Å². The molecule has 1 aliphatic rings. The van der Waals surface area contributed by atoms with Gasteiger partial charge < -0.3 is 9.31 Å². The van der Waals surface area contributed by atoms with Gasteiger partial charge in [0.05, 0.1) is 11.7 Å². The maximum absolute atomic E-state index is 11.2. The second kappa shape index (κ2) is 5.08. The molecule has 0 radical (unpaired) electrons. The van der Waals surface area contributed by atoms with Gasteiger partial charge in [0.1, 0.15) is 6.29 Å². The van der Waals surface area contributed by atoms with E-state index in [2.05, 4.69) is 0 Å². The monoisotopic (exact) mass is 244 g/mol. The zero-order valence-electron chi connectivity index (χ0n) is 10.9. The summed E-state index contributed by atoms with van der Waals surface area (Å²) >= 11 is 0. The van der Waals surface area contributed by atoms with Crippen LogP contribution in [0.2, 0.25) is 0 Å². The third-order valence-electron chi connectivity index (χ3n) is 3.26. The van der Waals surface area contributed by atoms with Crippen LogP contribution < -0.4 is 0 Å². The summed E-state index contributed by atoms with van der Waals surface area (Å²) in [7, 11) is -0.576. The van der Waals surface area contributed by atoms with Gasteiger partial charge in [-0.15, -0.1) is 0 Å². The molecule has 0 aromatic heterocycles. The maximum Gasteiger partial charge on any atom is 0.498 e. The van der Waals surface area contributed by atoms with Crippen molar-refractivity contribution in [1.29, 1.82) is 0 Å². The van der Waals surface area contributed by atoms with E-state index >= 15 is 0 Å². The number of carbonyl (C=O) groups excluding carboxylic acids is 1. The SMILES string of the molecule is CC1OB(/C(C=O)=C/c2ccccc2)OC1(C)C. The minimum absolute atomic E-state index is 0.0402. The largest absolute Gasteiger partial charge is 0.498 e. The van der Waals surface area contributed by atoms with Gasteiger partial charge in [-0.1, -0.05) is 36.4 Å². The van der Waals surface area contributed by atoms with Gasteiger partial charge in [-0.05, 0) is 26.3 Å². The van der Waals surface area contributed by atoms with E-state index in [1.807, 2.05) is 51.1 Å². The highest BCUT2D eigenvalue weighted by Crippen LogP contribution is 2.29. The fourth-order valence-corrected chi connectivity index (χ4v) is 1.79. The van der Waals surface area contributed by atoms with Crippen LogP contribution in [0.25, 0.3) is 6.08 Å². The number of hydrogen-bond acceptors (Lipinski definition) is 3. The third-order valence-corrected chi connectivity index (χ3v) is 3.26. The fraction of sp³-hybridized carbons (Fsp3) is 0.357. The molecule has 94 valence electrons. The minimum Gasteiger partial charge on any atom is -0.402 e. The number of rotatable bonds is 3. The van der Waals surface area contributed by atoms with Gasteiger partial charge in [0.15, 0.2) is 0 Å². The predicted molar refractivity (Wildman–Crippen MR) is 71.9 cm³/mol. The third kappa shape index (κ3) is 2.71. The normalized spacial score (nSPS) is 23.2. The number of carbonyl (C=O) groups is 1. The Morgan fingerprint density at radius 1 is 1.33 bits per heavy atom. The maximum atomic E-state index is 11.2. The zero-order chi connectivity index (χ0) is 13.2. The van der Waals surface area contributed by atoms with E-state index in [4.69, 9.17) is 9.31 Å². The average Bonchev–Trinajstić information content (AvgIpc) is 2.62. The number of allylic oxidation sites excluding steroid dienone is 1. The van der Waals surface area contributed by atoms with Crippen molar-refractivity contribution in [1.82, 2.24) is 0 Å². The van der Waals surface area contributed by atoms with E-state index in [9.17, 15) is 4.79 Å². The number of aldehydes is 1. The molecule has 0 aliphatic carbocycles. The molecule has 1 heterocycles. The Morgan fingerprint density at radius 2 is 2.00 bits per heavy atom. The van der Waals surface area contributed by atoms with Crippen molar-refractivity contribution in [2.75, 3.05) is 0 Å². The van der Waals surface area contributed by atoms with Crippen molar-refractivity contribution in [3.63, 3.8) is 0 Å². The van der Waals surface area contributed by atoms with E-state index < -0.39 is 7.12 Å². The molecule has 0 N–H and O–H groups in total. The first-order valence-electron chi connectivity index (χ1n) is 6.08. The highest BCUT2D eigenvalue weighted by atomic mass is 16.7. The molecule has 0 bridgehead atoms. The van der Waals surface area contributed by atoms with Gasteiger partial charge in [0, 0.05) is 5.47 Å². The standard InChI is InChI=1S/C14H17BO3/c1-11-14(2,3)18-15(17-11)13(10-16)9-12-7-5-4-6-8-12/h4-11H,1-3H3/b13-9+. The molecule has 3 nitrogen and oxygen atoms in total. The van der Waals surface area contributed by atoms with E-state index in [0.29, 0.717) is 5.47 Å². The van der Waals surface area contributed by atoms with Crippen LogP contribution in [0, 0.1) is 0 Å². The summed E-state index contributed by atoms with van der Waals surface area (Å²) in [6, 6.07) is 9.67. The molecular formula is C14H17BO3. The van der Waals surface area contributed by atoms with Gasteiger partial charge >= 0.3 is 7.12 Å². The highest BCUT2D eigenvalue weighted by Gasteiger charge is 2.44. The minimum atomic E-state index is -0.576. The van der Waals surface area contributed by atoms with Gasteiger partial charge in [-0.3, -0.25) is 4.79 Å². The Kier molecular flexibility index (Phi) is 3.69. The molecule has 1 atom stereocenters. The summed E-state index contributed by atoms with van der Waals surface area (Å²) < 4.78 is 11.4. The summed E-state index contributed by atoms with van der Waals surface area (Å²) in [5, 5.41) is 0. The Bertz CT molecular complexity index is 453. The first kappa shape index (κ1) is 13.1. The summed E-state index contributed by atoms with van der Waals surface area (Å²) in [6.45, 7) is 5.87. The lowest BCUT2D eigenvalue weighted by Crippen LogP contribution is -2.30. The van der Waals surface area contributed by atoms with Crippen LogP contribution in [0.1, 0.15) is 26.3 Å². The lowest BCUT2D eigenvalue weighted by molar-refractivity contribution is -0.104. The molecule has 1 unspecified atom stereocenters. The molecule has 1 aromatic rings. The van der Waals surface area contributed by atoms with E-state index in [-0.39, 0.29) is 11.7 Å². The van der Waals surface area contributed by atoms with Crippen molar-refractivity contribution in [3.8, 4) is 0 Å². The molecular weight excluding hydrogens is 227 g/mol. The molecule has 1 aromatic carbocycles. The van der Waals surface area contributed by atoms with Crippen molar-refractivity contribution in [3.05, 3.63) is 41.4 Å². The first-order valence-corrected chi connectivity index (χ1v) is 6.08. The van der Waals surface area contributed by atoms with Crippen LogP contribution in [0.15, 0.2) is 35.8 Å². The first-order chi connectivity index (χ1) is 8.53. The predicted octanol–water partition coefficient (Wildman–Crippen LogP) is 2.51. The molecule has 18 heavy (non-hydrogen) atoms. The lowest BCUT2D eigenvalue weighted by atomic mass is 9.78. The Balaban J connectivity index is 2.21. The molecule has 1 saturated heterocycles. The smallest absolute Gasteiger partial charge is 0.402 e.